The van der Waals surface area contributed by atoms with Crippen molar-refractivity contribution < 1.29 is 0 Å². The molecule has 0 amide bonds. The molecule has 1 heterocycles. The summed E-state index contributed by atoms with van der Waals surface area (Å²) in [6.45, 7) is 5.85. The zero-order valence-corrected chi connectivity index (χ0v) is 9.09. The van der Waals surface area contributed by atoms with E-state index >= 15 is 0 Å². The summed E-state index contributed by atoms with van der Waals surface area (Å²) >= 11 is 0. The smallest absolute Gasteiger partial charge is 0.112 e. The standard InChI is InChI=1S/C14H15N/c1-3-5-6-11-7-8-13-12(9-11)10-15-14(13)4-2/h7-10H,2-3,5-6H2,1H3. The number of aryl methyl sites for hydroxylation is 1. The molecule has 1 aliphatic rings. The molecule has 2 rings (SSSR count). The average molecular weight is 197 g/mol. The predicted octanol–water partition coefficient (Wildman–Crippen LogP) is 3.59. The second-order valence-corrected chi connectivity index (χ2v) is 3.81. The first kappa shape index (κ1) is 9.95. The topological polar surface area (TPSA) is 12.4 Å². The van der Waals surface area contributed by atoms with Crippen molar-refractivity contribution in [1.29, 1.82) is 0 Å². The molecule has 0 saturated heterocycles. The van der Waals surface area contributed by atoms with E-state index in [1.807, 2.05) is 6.21 Å². The summed E-state index contributed by atoms with van der Waals surface area (Å²) in [6.07, 6.45) is 5.55. The summed E-state index contributed by atoms with van der Waals surface area (Å²) < 4.78 is 0. The Kier molecular flexibility index (Phi) is 2.84. The Morgan fingerprint density at radius 1 is 1.40 bits per heavy atom. The molecular weight excluding hydrogens is 182 g/mol. The van der Waals surface area contributed by atoms with Crippen molar-refractivity contribution in [3.63, 3.8) is 0 Å². The molecule has 1 aliphatic heterocycles. The van der Waals surface area contributed by atoms with Gasteiger partial charge in [0.1, 0.15) is 5.70 Å². The predicted molar refractivity (Wildman–Crippen MR) is 65.2 cm³/mol. The molecule has 1 heteroatoms. The van der Waals surface area contributed by atoms with Crippen LogP contribution in [-0.2, 0) is 6.42 Å². The average Bonchev–Trinajstić information content (AvgIpc) is 2.68. The molecule has 0 aromatic heterocycles. The molecule has 0 spiro atoms. The highest BCUT2D eigenvalue weighted by Crippen LogP contribution is 2.25. The number of unbranched alkanes of at least 4 members (excludes halogenated alkanes) is 1. The van der Waals surface area contributed by atoms with Crippen LogP contribution in [0.4, 0.5) is 0 Å². The second-order valence-electron chi connectivity index (χ2n) is 3.81. The maximum Gasteiger partial charge on any atom is 0.112 e. The Labute approximate surface area is 90.9 Å². The van der Waals surface area contributed by atoms with E-state index < -0.39 is 0 Å². The van der Waals surface area contributed by atoms with E-state index in [1.165, 1.54) is 24.0 Å². The molecule has 76 valence electrons. The van der Waals surface area contributed by atoms with Crippen LogP contribution in [0.2, 0.25) is 0 Å². The molecule has 0 unspecified atom stereocenters. The summed E-state index contributed by atoms with van der Waals surface area (Å²) in [7, 11) is 0. The van der Waals surface area contributed by atoms with Gasteiger partial charge in [-0.1, -0.05) is 32.1 Å². The first-order valence-corrected chi connectivity index (χ1v) is 5.42. The van der Waals surface area contributed by atoms with Gasteiger partial charge in [0.2, 0.25) is 0 Å². The van der Waals surface area contributed by atoms with Crippen molar-refractivity contribution in [2.45, 2.75) is 26.2 Å². The molecule has 0 bridgehead atoms. The van der Waals surface area contributed by atoms with Gasteiger partial charge in [-0.2, -0.15) is 0 Å². The first-order chi connectivity index (χ1) is 7.35. The SMILES string of the molecule is C=C=C1N=Cc2cc(CCCC)ccc21. The molecule has 1 nitrogen and oxygen atoms in total. The number of aliphatic imine (C=N–C) groups is 1. The van der Waals surface area contributed by atoms with Gasteiger partial charge in [0.05, 0.1) is 0 Å². The van der Waals surface area contributed by atoms with E-state index in [0.717, 1.165) is 17.7 Å². The monoisotopic (exact) mass is 197 g/mol. The number of nitrogens with zero attached hydrogens (tertiary/aromatic N) is 1. The van der Waals surface area contributed by atoms with Gasteiger partial charge in [-0.15, -0.1) is 5.73 Å². The molecule has 0 aliphatic carbocycles. The largest absolute Gasteiger partial charge is 0.247 e. The summed E-state index contributed by atoms with van der Waals surface area (Å²) in [4.78, 5) is 4.26. The molecule has 0 fully saturated rings. The van der Waals surface area contributed by atoms with Gasteiger partial charge in [0, 0.05) is 17.3 Å². The van der Waals surface area contributed by atoms with E-state index in [-0.39, 0.29) is 0 Å². The molecule has 15 heavy (non-hydrogen) atoms. The first-order valence-electron chi connectivity index (χ1n) is 5.42. The van der Waals surface area contributed by atoms with Crippen LogP contribution in [0.5, 0.6) is 0 Å². The number of benzene rings is 1. The van der Waals surface area contributed by atoms with Gasteiger partial charge >= 0.3 is 0 Å². The number of hydrogen-bond acceptors (Lipinski definition) is 1. The van der Waals surface area contributed by atoms with Gasteiger partial charge in [0.15, 0.2) is 0 Å². The second kappa shape index (κ2) is 4.29. The van der Waals surface area contributed by atoms with Crippen LogP contribution in [0.25, 0.3) is 5.70 Å². The Hall–Kier alpha value is -1.59. The Bertz CT molecular complexity index is 448. The molecule has 0 saturated carbocycles. The van der Waals surface area contributed by atoms with Crippen LogP contribution in [-0.4, -0.2) is 6.21 Å². The third-order valence-electron chi connectivity index (χ3n) is 2.69. The van der Waals surface area contributed by atoms with Gasteiger partial charge in [-0.25, -0.2) is 4.99 Å². The fraction of sp³-hybridized carbons (Fsp3) is 0.286. The van der Waals surface area contributed by atoms with Crippen LogP contribution in [0, 0.1) is 0 Å². The van der Waals surface area contributed by atoms with Crippen molar-refractivity contribution in [2.24, 2.45) is 4.99 Å². The molecule has 0 atom stereocenters. The molecule has 0 N–H and O–H groups in total. The minimum Gasteiger partial charge on any atom is -0.247 e. The van der Waals surface area contributed by atoms with Crippen LogP contribution < -0.4 is 0 Å². The maximum absolute atomic E-state index is 4.26. The van der Waals surface area contributed by atoms with Gasteiger partial charge in [-0.05, 0) is 24.5 Å². The molecule has 0 radical (unpaired) electrons. The van der Waals surface area contributed by atoms with E-state index in [4.69, 9.17) is 0 Å². The van der Waals surface area contributed by atoms with Crippen LogP contribution in [0.15, 0.2) is 35.5 Å². The van der Waals surface area contributed by atoms with E-state index in [2.05, 4.69) is 42.4 Å². The fourth-order valence-corrected chi connectivity index (χ4v) is 1.82. The van der Waals surface area contributed by atoms with Crippen molar-refractivity contribution in [3.8, 4) is 0 Å². The van der Waals surface area contributed by atoms with E-state index in [9.17, 15) is 0 Å². The maximum atomic E-state index is 4.26. The van der Waals surface area contributed by atoms with Crippen molar-refractivity contribution in [1.82, 2.24) is 0 Å². The number of hydrogen-bond donors (Lipinski definition) is 0. The van der Waals surface area contributed by atoms with Crippen molar-refractivity contribution in [2.75, 3.05) is 0 Å². The lowest BCUT2D eigenvalue weighted by Gasteiger charge is -2.02. The van der Waals surface area contributed by atoms with Gasteiger partial charge in [-0.3, -0.25) is 0 Å². The minimum absolute atomic E-state index is 0.868. The summed E-state index contributed by atoms with van der Waals surface area (Å²) in [6, 6.07) is 6.53. The lowest BCUT2D eigenvalue weighted by atomic mass is 10.0. The lowest BCUT2D eigenvalue weighted by Crippen LogP contribution is -1.89. The van der Waals surface area contributed by atoms with Gasteiger partial charge in [0.25, 0.3) is 0 Å². The Morgan fingerprint density at radius 3 is 3.00 bits per heavy atom. The zero-order chi connectivity index (χ0) is 10.7. The normalized spacial score (nSPS) is 12.7. The van der Waals surface area contributed by atoms with Crippen molar-refractivity contribution >= 4 is 11.9 Å². The fourth-order valence-electron chi connectivity index (χ4n) is 1.82. The summed E-state index contributed by atoms with van der Waals surface area (Å²) in [5, 5.41) is 0. The number of fused-ring (bicyclic) bond motifs is 1. The molecule has 1 aromatic rings. The highest BCUT2D eigenvalue weighted by molar-refractivity contribution is 5.97. The minimum atomic E-state index is 0.868. The Morgan fingerprint density at radius 2 is 2.27 bits per heavy atom. The third-order valence-corrected chi connectivity index (χ3v) is 2.69. The highest BCUT2D eigenvalue weighted by Gasteiger charge is 2.11. The summed E-state index contributed by atoms with van der Waals surface area (Å²) in [5.41, 5.74) is 7.48. The van der Waals surface area contributed by atoms with Crippen LogP contribution in [0.3, 0.4) is 0 Å². The van der Waals surface area contributed by atoms with Crippen molar-refractivity contribution in [3.05, 3.63) is 47.2 Å². The van der Waals surface area contributed by atoms with E-state index in [0.29, 0.717) is 0 Å². The quantitative estimate of drug-likeness (QED) is 0.657. The van der Waals surface area contributed by atoms with Crippen LogP contribution in [0.1, 0.15) is 36.5 Å². The lowest BCUT2D eigenvalue weighted by molar-refractivity contribution is 0.795. The number of rotatable bonds is 3. The van der Waals surface area contributed by atoms with Gasteiger partial charge < -0.3 is 0 Å². The zero-order valence-electron chi connectivity index (χ0n) is 9.09. The third kappa shape index (κ3) is 1.93. The highest BCUT2D eigenvalue weighted by atomic mass is 14.8. The molecular formula is C14H15N. The van der Waals surface area contributed by atoms with E-state index in [1.54, 1.807) is 0 Å². The Balaban J connectivity index is 2.29. The van der Waals surface area contributed by atoms with Crippen LogP contribution >= 0.6 is 0 Å². The molecule has 1 aromatic carbocycles. The summed E-state index contributed by atoms with van der Waals surface area (Å²) in [5.74, 6) is 0.